The van der Waals surface area contributed by atoms with Gasteiger partial charge in [0.1, 0.15) is 5.41 Å². The molecule has 1 fully saturated rings. The standard InChI is InChI=1S/C8H12F2O2/c1-7(6(11)12)4-2-3-5-8(7,9)10/h2-5H2,1H3,(H,11,12)/t7-/m0/s1. The minimum Gasteiger partial charge on any atom is -0.481 e. The molecule has 1 aliphatic carbocycles. The third kappa shape index (κ3) is 1.19. The summed E-state index contributed by atoms with van der Waals surface area (Å²) < 4.78 is 26.2. The van der Waals surface area contributed by atoms with Crippen LogP contribution in [0.2, 0.25) is 0 Å². The van der Waals surface area contributed by atoms with Gasteiger partial charge < -0.3 is 5.11 Å². The molecule has 2 nitrogen and oxygen atoms in total. The van der Waals surface area contributed by atoms with E-state index in [2.05, 4.69) is 0 Å². The van der Waals surface area contributed by atoms with Crippen molar-refractivity contribution in [3.05, 3.63) is 0 Å². The fourth-order valence-electron chi connectivity index (χ4n) is 1.55. The molecule has 0 unspecified atom stereocenters. The number of hydrogen-bond acceptors (Lipinski definition) is 1. The molecule has 1 atom stereocenters. The predicted octanol–water partition coefficient (Wildman–Crippen LogP) is 2.29. The lowest BCUT2D eigenvalue weighted by Crippen LogP contribution is -2.47. The first-order chi connectivity index (χ1) is 5.40. The Morgan fingerprint density at radius 1 is 1.33 bits per heavy atom. The zero-order chi connectivity index (χ0) is 9.41. The molecule has 4 heteroatoms. The summed E-state index contributed by atoms with van der Waals surface area (Å²) in [5.74, 6) is -4.43. The molecule has 0 aromatic heterocycles. The van der Waals surface area contributed by atoms with Gasteiger partial charge in [0.2, 0.25) is 0 Å². The molecule has 1 aliphatic rings. The first kappa shape index (κ1) is 9.42. The highest BCUT2D eigenvalue weighted by Gasteiger charge is 2.56. The van der Waals surface area contributed by atoms with Crippen LogP contribution in [0.5, 0.6) is 0 Å². The monoisotopic (exact) mass is 178 g/mol. The SMILES string of the molecule is C[C@@]1(C(=O)O)CCCCC1(F)F. The molecule has 0 aromatic rings. The third-order valence-corrected chi connectivity index (χ3v) is 2.70. The van der Waals surface area contributed by atoms with Gasteiger partial charge in [0, 0.05) is 6.42 Å². The summed E-state index contributed by atoms with van der Waals surface area (Å²) in [6, 6.07) is 0. The van der Waals surface area contributed by atoms with Crippen LogP contribution in [0.1, 0.15) is 32.6 Å². The fraction of sp³-hybridized carbons (Fsp3) is 0.875. The molecular weight excluding hydrogens is 166 g/mol. The van der Waals surface area contributed by atoms with Crippen molar-refractivity contribution in [1.29, 1.82) is 0 Å². The molecule has 0 spiro atoms. The van der Waals surface area contributed by atoms with Crippen LogP contribution >= 0.6 is 0 Å². The van der Waals surface area contributed by atoms with E-state index in [1.807, 2.05) is 0 Å². The summed E-state index contributed by atoms with van der Waals surface area (Å²) in [5.41, 5.74) is -1.84. The van der Waals surface area contributed by atoms with Crippen molar-refractivity contribution in [2.75, 3.05) is 0 Å². The molecule has 1 N–H and O–H groups in total. The Labute approximate surface area is 69.6 Å². The van der Waals surface area contributed by atoms with E-state index < -0.39 is 17.3 Å². The van der Waals surface area contributed by atoms with Crippen molar-refractivity contribution < 1.29 is 18.7 Å². The maximum atomic E-state index is 13.1. The molecule has 0 bridgehead atoms. The molecule has 0 heterocycles. The molecule has 1 saturated carbocycles. The van der Waals surface area contributed by atoms with Gasteiger partial charge in [-0.2, -0.15) is 0 Å². The van der Waals surface area contributed by atoms with E-state index in [0.717, 1.165) is 6.92 Å². The highest BCUT2D eigenvalue weighted by Crippen LogP contribution is 2.47. The van der Waals surface area contributed by atoms with Crippen molar-refractivity contribution in [3.8, 4) is 0 Å². The zero-order valence-electron chi connectivity index (χ0n) is 6.94. The van der Waals surface area contributed by atoms with Gasteiger partial charge in [0.15, 0.2) is 0 Å². The number of halogens is 2. The molecular formula is C8H12F2O2. The van der Waals surface area contributed by atoms with Gasteiger partial charge in [-0.05, 0) is 19.8 Å². The summed E-state index contributed by atoms with van der Waals surface area (Å²) >= 11 is 0. The van der Waals surface area contributed by atoms with Crippen molar-refractivity contribution in [3.63, 3.8) is 0 Å². The Morgan fingerprint density at radius 2 is 1.83 bits per heavy atom. The first-order valence-corrected chi connectivity index (χ1v) is 4.01. The second-order valence-electron chi connectivity index (χ2n) is 3.55. The minimum absolute atomic E-state index is 0.0787. The predicted molar refractivity (Wildman–Crippen MR) is 39.2 cm³/mol. The van der Waals surface area contributed by atoms with Gasteiger partial charge in [-0.3, -0.25) is 4.79 Å². The maximum absolute atomic E-state index is 13.1. The molecule has 0 amide bonds. The van der Waals surface area contributed by atoms with Gasteiger partial charge >= 0.3 is 5.97 Å². The number of carboxylic acid groups (broad SMARTS) is 1. The Morgan fingerprint density at radius 3 is 2.17 bits per heavy atom. The second-order valence-corrected chi connectivity index (χ2v) is 3.55. The van der Waals surface area contributed by atoms with Crippen LogP contribution in [0.25, 0.3) is 0 Å². The highest BCUT2D eigenvalue weighted by atomic mass is 19.3. The Kier molecular flexibility index (Phi) is 2.10. The molecule has 0 radical (unpaired) electrons. The van der Waals surface area contributed by atoms with E-state index >= 15 is 0 Å². The molecule has 0 saturated heterocycles. The van der Waals surface area contributed by atoms with Crippen LogP contribution in [0.3, 0.4) is 0 Å². The topological polar surface area (TPSA) is 37.3 Å². The number of carbonyl (C=O) groups is 1. The third-order valence-electron chi connectivity index (χ3n) is 2.70. The zero-order valence-corrected chi connectivity index (χ0v) is 6.94. The normalized spacial score (nSPS) is 34.6. The molecule has 0 aliphatic heterocycles. The average molecular weight is 178 g/mol. The minimum atomic E-state index is -3.04. The second kappa shape index (κ2) is 2.68. The van der Waals surface area contributed by atoms with Gasteiger partial charge in [0.05, 0.1) is 0 Å². The Balaban J connectivity index is 2.91. The van der Waals surface area contributed by atoms with Crippen LogP contribution in [-0.4, -0.2) is 17.0 Å². The fourth-order valence-corrected chi connectivity index (χ4v) is 1.55. The van der Waals surface area contributed by atoms with E-state index in [-0.39, 0.29) is 12.8 Å². The Bertz CT molecular complexity index is 203. The van der Waals surface area contributed by atoms with Gasteiger partial charge in [-0.25, -0.2) is 8.78 Å². The van der Waals surface area contributed by atoms with Crippen molar-refractivity contribution in [2.24, 2.45) is 5.41 Å². The number of rotatable bonds is 1. The van der Waals surface area contributed by atoms with Crippen LogP contribution in [0.15, 0.2) is 0 Å². The highest BCUT2D eigenvalue weighted by molar-refractivity contribution is 5.75. The number of aliphatic carboxylic acids is 1. The lowest BCUT2D eigenvalue weighted by atomic mass is 9.72. The summed E-state index contributed by atoms with van der Waals surface area (Å²) in [6.45, 7) is 1.13. The molecule has 0 aromatic carbocycles. The largest absolute Gasteiger partial charge is 0.481 e. The van der Waals surface area contributed by atoms with E-state index in [9.17, 15) is 13.6 Å². The smallest absolute Gasteiger partial charge is 0.315 e. The van der Waals surface area contributed by atoms with Crippen molar-refractivity contribution >= 4 is 5.97 Å². The summed E-state index contributed by atoms with van der Waals surface area (Å²) in [5, 5.41) is 8.65. The van der Waals surface area contributed by atoms with Crippen molar-refractivity contribution in [2.45, 2.75) is 38.5 Å². The summed E-state index contributed by atoms with van der Waals surface area (Å²) in [7, 11) is 0. The van der Waals surface area contributed by atoms with Gasteiger partial charge in [-0.1, -0.05) is 6.42 Å². The summed E-state index contributed by atoms with van der Waals surface area (Å²) in [4.78, 5) is 10.6. The average Bonchev–Trinajstić information content (AvgIpc) is 1.95. The lowest BCUT2D eigenvalue weighted by molar-refractivity contribution is -0.185. The maximum Gasteiger partial charge on any atom is 0.315 e. The van der Waals surface area contributed by atoms with Gasteiger partial charge in [0.25, 0.3) is 5.92 Å². The van der Waals surface area contributed by atoms with Crippen LogP contribution in [0, 0.1) is 5.41 Å². The molecule has 1 rings (SSSR count). The van der Waals surface area contributed by atoms with Gasteiger partial charge in [-0.15, -0.1) is 0 Å². The quantitative estimate of drug-likeness (QED) is 0.668. The number of hydrogen-bond donors (Lipinski definition) is 1. The number of alkyl halides is 2. The van der Waals surface area contributed by atoms with Crippen LogP contribution < -0.4 is 0 Å². The Hall–Kier alpha value is -0.670. The van der Waals surface area contributed by atoms with Crippen LogP contribution in [0.4, 0.5) is 8.78 Å². The number of carboxylic acids is 1. The summed E-state index contributed by atoms with van der Waals surface area (Å²) in [6.07, 6.45) is 0.791. The molecule has 12 heavy (non-hydrogen) atoms. The van der Waals surface area contributed by atoms with E-state index in [0.29, 0.717) is 12.8 Å². The lowest BCUT2D eigenvalue weighted by Gasteiger charge is -2.37. The molecule has 70 valence electrons. The van der Waals surface area contributed by atoms with Crippen molar-refractivity contribution in [1.82, 2.24) is 0 Å². The van der Waals surface area contributed by atoms with Crippen LogP contribution in [-0.2, 0) is 4.79 Å². The first-order valence-electron chi connectivity index (χ1n) is 4.01. The van der Waals surface area contributed by atoms with E-state index in [1.54, 1.807) is 0 Å². The van der Waals surface area contributed by atoms with E-state index in [4.69, 9.17) is 5.11 Å². The van der Waals surface area contributed by atoms with E-state index in [1.165, 1.54) is 0 Å².